The van der Waals surface area contributed by atoms with Crippen LogP contribution in [0.1, 0.15) is 38.7 Å². The number of rotatable bonds is 8. The molecule has 0 aromatic heterocycles. The van der Waals surface area contributed by atoms with Crippen molar-refractivity contribution in [1.82, 2.24) is 5.32 Å². The molecule has 2 atom stereocenters. The van der Waals surface area contributed by atoms with Crippen LogP contribution in [0.25, 0.3) is 0 Å². The quantitative estimate of drug-likeness (QED) is 0.787. The molecule has 1 fully saturated rings. The Kier molecular flexibility index (Phi) is 6.65. The van der Waals surface area contributed by atoms with Gasteiger partial charge in [-0.2, -0.15) is 0 Å². The summed E-state index contributed by atoms with van der Waals surface area (Å²) in [5, 5.41) is 3.54. The summed E-state index contributed by atoms with van der Waals surface area (Å²) in [5.41, 5.74) is 1.09. The Bertz CT molecular complexity index is 415. The van der Waals surface area contributed by atoms with E-state index in [-0.39, 0.29) is 5.82 Å². The molecule has 0 aliphatic carbocycles. The fourth-order valence-electron chi connectivity index (χ4n) is 3.01. The molecule has 1 aliphatic rings. The van der Waals surface area contributed by atoms with Crippen LogP contribution in [-0.4, -0.2) is 25.8 Å². The summed E-state index contributed by atoms with van der Waals surface area (Å²) < 4.78 is 19.1. The summed E-state index contributed by atoms with van der Waals surface area (Å²) in [6, 6.07) is 6.99. The predicted octanol–water partition coefficient (Wildman–Crippen LogP) is 3.80. The highest BCUT2D eigenvalue weighted by molar-refractivity contribution is 5.17. The molecule has 0 bridgehead atoms. The Morgan fingerprint density at radius 1 is 1.33 bits per heavy atom. The number of ether oxygens (including phenoxy) is 1. The first kappa shape index (κ1) is 16.4. The summed E-state index contributed by atoms with van der Waals surface area (Å²) >= 11 is 0. The fourth-order valence-corrected chi connectivity index (χ4v) is 3.01. The van der Waals surface area contributed by atoms with Gasteiger partial charge in [-0.1, -0.05) is 26.0 Å². The van der Waals surface area contributed by atoms with Gasteiger partial charge in [0.1, 0.15) is 5.82 Å². The molecule has 0 radical (unpaired) electrons. The number of hydrogen-bond acceptors (Lipinski definition) is 2. The second kappa shape index (κ2) is 8.50. The molecule has 2 unspecified atom stereocenters. The van der Waals surface area contributed by atoms with Crippen LogP contribution >= 0.6 is 0 Å². The van der Waals surface area contributed by atoms with Crippen molar-refractivity contribution < 1.29 is 9.13 Å². The first-order valence-corrected chi connectivity index (χ1v) is 8.20. The standard InChI is InChI=1S/C18H28FNO/c1-14(2)12-20-13-16(11-18-7-4-8-21-18)9-15-5-3-6-17(19)10-15/h3,5-6,10,14,16,18,20H,4,7-9,11-13H2,1-2H3. The van der Waals surface area contributed by atoms with E-state index in [2.05, 4.69) is 19.2 Å². The lowest BCUT2D eigenvalue weighted by Crippen LogP contribution is -2.29. The molecule has 1 aromatic rings. The molecule has 1 heterocycles. The Labute approximate surface area is 128 Å². The molecule has 3 heteroatoms. The zero-order valence-electron chi connectivity index (χ0n) is 13.3. The van der Waals surface area contributed by atoms with Crippen molar-refractivity contribution in [3.05, 3.63) is 35.6 Å². The van der Waals surface area contributed by atoms with Gasteiger partial charge >= 0.3 is 0 Å². The van der Waals surface area contributed by atoms with E-state index in [1.54, 1.807) is 12.1 Å². The van der Waals surface area contributed by atoms with Crippen LogP contribution in [0.4, 0.5) is 4.39 Å². The molecular formula is C18H28FNO. The van der Waals surface area contributed by atoms with Gasteiger partial charge < -0.3 is 10.1 Å². The van der Waals surface area contributed by atoms with Crippen molar-refractivity contribution in [3.8, 4) is 0 Å². The van der Waals surface area contributed by atoms with Gasteiger partial charge in [0.2, 0.25) is 0 Å². The van der Waals surface area contributed by atoms with Gasteiger partial charge in [-0.05, 0) is 68.3 Å². The van der Waals surface area contributed by atoms with Gasteiger partial charge in [0.25, 0.3) is 0 Å². The highest BCUT2D eigenvalue weighted by Crippen LogP contribution is 2.22. The minimum absolute atomic E-state index is 0.140. The summed E-state index contributed by atoms with van der Waals surface area (Å²) in [6.45, 7) is 7.35. The SMILES string of the molecule is CC(C)CNCC(Cc1cccc(F)c1)CC1CCCO1. The third-order valence-corrected chi connectivity index (χ3v) is 4.02. The van der Waals surface area contributed by atoms with Gasteiger partial charge in [0, 0.05) is 6.61 Å². The topological polar surface area (TPSA) is 21.3 Å². The van der Waals surface area contributed by atoms with E-state index in [1.165, 1.54) is 18.9 Å². The molecule has 1 saturated heterocycles. The number of benzene rings is 1. The molecule has 0 amide bonds. The predicted molar refractivity (Wildman–Crippen MR) is 84.9 cm³/mol. The maximum atomic E-state index is 13.3. The van der Waals surface area contributed by atoms with Crippen molar-refractivity contribution in [3.63, 3.8) is 0 Å². The Balaban J connectivity index is 1.89. The molecule has 21 heavy (non-hydrogen) atoms. The third-order valence-electron chi connectivity index (χ3n) is 4.02. The Morgan fingerprint density at radius 2 is 2.19 bits per heavy atom. The molecule has 0 spiro atoms. The van der Waals surface area contributed by atoms with Crippen LogP contribution in [0, 0.1) is 17.7 Å². The van der Waals surface area contributed by atoms with Crippen molar-refractivity contribution in [1.29, 1.82) is 0 Å². The lowest BCUT2D eigenvalue weighted by Gasteiger charge is -2.21. The largest absolute Gasteiger partial charge is 0.378 e. The minimum Gasteiger partial charge on any atom is -0.378 e. The van der Waals surface area contributed by atoms with E-state index >= 15 is 0 Å². The molecular weight excluding hydrogens is 265 g/mol. The lowest BCUT2D eigenvalue weighted by molar-refractivity contribution is 0.0891. The van der Waals surface area contributed by atoms with E-state index in [0.717, 1.165) is 38.1 Å². The van der Waals surface area contributed by atoms with Crippen LogP contribution in [-0.2, 0) is 11.2 Å². The molecule has 118 valence electrons. The van der Waals surface area contributed by atoms with Crippen molar-refractivity contribution in [2.24, 2.45) is 11.8 Å². The van der Waals surface area contributed by atoms with Crippen molar-refractivity contribution >= 4 is 0 Å². The van der Waals surface area contributed by atoms with Crippen LogP contribution in [0.2, 0.25) is 0 Å². The van der Waals surface area contributed by atoms with Gasteiger partial charge in [0.05, 0.1) is 6.10 Å². The Hall–Kier alpha value is -0.930. The summed E-state index contributed by atoms with van der Waals surface area (Å²) in [6.07, 6.45) is 4.73. The second-order valence-corrected chi connectivity index (χ2v) is 6.62. The first-order chi connectivity index (χ1) is 10.1. The number of nitrogens with one attached hydrogen (secondary N) is 1. The number of halogens is 1. The van der Waals surface area contributed by atoms with E-state index in [9.17, 15) is 4.39 Å². The maximum Gasteiger partial charge on any atom is 0.123 e. The van der Waals surface area contributed by atoms with Gasteiger partial charge in [-0.15, -0.1) is 0 Å². The second-order valence-electron chi connectivity index (χ2n) is 6.62. The smallest absolute Gasteiger partial charge is 0.123 e. The fraction of sp³-hybridized carbons (Fsp3) is 0.667. The summed E-state index contributed by atoms with van der Waals surface area (Å²) in [5.74, 6) is 1.02. The monoisotopic (exact) mass is 293 g/mol. The minimum atomic E-state index is -0.140. The third kappa shape index (κ3) is 6.15. The van der Waals surface area contributed by atoms with E-state index < -0.39 is 0 Å². The van der Waals surface area contributed by atoms with Gasteiger partial charge in [0.15, 0.2) is 0 Å². The van der Waals surface area contributed by atoms with Crippen molar-refractivity contribution in [2.75, 3.05) is 19.7 Å². The molecule has 2 nitrogen and oxygen atoms in total. The molecule has 2 rings (SSSR count). The van der Waals surface area contributed by atoms with Gasteiger partial charge in [-0.3, -0.25) is 0 Å². The maximum absolute atomic E-state index is 13.3. The van der Waals surface area contributed by atoms with Crippen LogP contribution in [0.3, 0.4) is 0 Å². The number of hydrogen-bond donors (Lipinski definition) is 1. The lowest BCUT2D eigenvalue weighted by atomic mass is 9.92. The molecule has 1 aromatic carbocycles. The summed E-state index contributed by atoms with van der Waals surface area (Å²) in [7, 11) is 0. The van der Waals surface area contributed by atoms with Crippen molar-refractivity contribution in [2.45, 2.75) is 45.6 Å². The molecule has 1 N–H and O–H groups in total. The van der Waals surface area contributed by atoms with Crippen LogP contribution in [0.15, 0.2) is 24.3 Å². The molecule has 0 saturated carbocycles. The zero-order valence-corrected chi connectivity index (χ0v) is 13.3. The zero-order chi connectivity index (χ0) is 15.1. The highest BCUT2D eigenvalue weighted by atomic mass is 19.1. The van der Waals surface area contributed by atoms with E-state index in [0.29, 0.717) is 17.9 Å². The van der Waals surface area contributed by atoms with E-state index in [4.69, 9.17) is 4.74 Å². The highest BCUT2D eigenvalue weighted by Gasteiger charge is 2.21. The normalized spacial score (nSPS) is 20.1. The average molecular weight is 293 g/mol. The molecule has 1 aliphatic heterocycles. The first-order valence-electron chi connectivity index (χ1n) is 8.20. The average Bonchev–Trinajstić information content (AvgIpc) is 2.91. The van der Waals surface area contributed by atoms with Crippen LogP contribution in [0.5, 0.6) is 0 Å². The summed E-state index contributed by atoms with van der Waals surface area (Å²) in [4.78, 5) is 0. The Morgan fingerprint density at radius 3 is 2.86 bits per heavy atom. The van der Waals surface area contributed by atoms with Crippen LogP contribution < -0.4 is 5.32 Å². The van der Waals surface area contributed by atoms with E-state index in [1.807, 2.05) is 6.07 Å². The van der Waals surface area contributed by atoms with Gasteiger partial charge in [-0.25, -0.2) is 4.39 Å².